The fraction of sp³-hybridized carbons (Fsp3) is 0.222. The molecule has 0 aliphatic carbocycles. The Hall–Kier alpha value is -2.86. The van der Waals surface area contributed by atoms with E-state index in [-0.39, 0.29) is 25.6 Å². The molecule has 3 aromatic rings. The highest BCUT2D eigenvalue weighted by Gasteiger charge is 2.18. The van der Waals surface area contributed by atoms with Crippen LogP contribution in [-0.4, -0.2) is 33.6 Å². The summed E-state index contributed by atoms with van der Waals surface area (Å²) in [4.78, 5) is 26.1. The Balaban J connectivity index is 1.82. The summed E-state index contributed by atoms with van der Waals surface area (Å²) in [6, 6.07) is 16.5. The number of amides is 1. The van der Waals surface area contributed by atoms with Crippen molar-refractivity contribution in [3.05, 3.63) is 70.7 Å². The number of aromatic nitrogens is 1. The number of hydrogen-bond donors (Lipinski definition) is 1. The van der Waals surface area contributed by atoms with Crippen molar-refractivity contribution in [1.29, 1.82) is 0 Å². The van der Waals surface area contributed by atoms with E-state index in [1.165, 1.54) is 9.47 Å². The summed E-state index contributed by atoms with van der Waals surface area (Å²) in [5, 5.41) is 9.24. The second kappa shape index (κ2) is 7.14. The fourth-order valence-corrected chi connectivity index (χ4v) is 2.62. The molecule has 0 radical (unpaired) electrons. The van der Waals surface area contributed by atoms with Gasteiger partial charge in [-0.3, -0.25) is 9.36 Å². The molecule has 0 spiro atoms. The zero-order chi connectivity index (χ0) is 16.9. The first kappa shape index (κ1) is 16.0. The predicted molar refractivity (Wildman–Crippen MR) is 89.4 cm³/mol. The highest BCUT2D eigenvalue weighted by molar-refractivity contribution is 5.79. The van der Waals surface area contributed by atoms with Crippen LogP contribution in [0.5, 0.6) is 0 Å². The topological polar surface area (TPSA) is 75.7 Å². The van der Waals surface area contributed by atoms with E-state index in [0.29, 0.717) is 17.6 Å². The van der Waals surface area contributed by atoms with E-state index < -0.39 is 5.76 Å². The third-order valence-corrected chi connectivity index (χ3v) is 3.81. The molecular formula is C18H18N2O4. The predicted octanol–water partition coefficient (Wildman–Crippen LogP) is 1.62. The Bertz CT molecular complexity index is 883. The standard InChI is InChI=1S/C18H18N2O4/c21-11-10-19(12-14-6-2-1-3-7-14)17(22)13-20-15-8-4-5-9-16(15)24-18(20)23/h1-9,21H,10-13H2. The van der Waals surface area contributed by atoms with E-state index in [4.69, 9.17) is 4.42 Å². The Kier molecular flexibility index (Phi) is 4.77. The van der Waals surface area contributed by atoms with Gasteiger partial charge in [0.25, 0.3) is 0 Å². The van der Waals surface area contributed by atoms with Crippen molar-refractivity contribution in [2.75, 3.05) is 13.2 Å². The lowest BCUT2D eigenvalue weighted by atomic mass is 10.2. The van der Waals surface area contributed by atoms with Crippen LogP contribution in [0.25, 0.3) is 11.1 Å². The van der Waals surface area contributed by atoms with E-state index in [2.05, 4.69) is 0 Å². The molecule has 0 saturated heterocycles. The van der Waals surface area contributed by atoms with Gasteiger partial charge in [-0.15, -0.1) is 0 Å². The van der Waals surface area contributed by atoms with Crippen LogP contribution in [0, 0.1) is 0 Å². The Morgan fingerprint density at radius 2 is 1.79 bits per heavy atom. The lowest BCUT2D eigenvalue weighted by Crippen LogP contribution is -2.37. The second-order valence-electron chi connectivity index (χ2n) is 5.45. The van der Waals surface area contributed by atoms with Gasteiger partial charge in [-0.25, -0.2) is 4.79 Å². The van der Waals surface area contributed by atoms with Gasteiger partial charge in [0.15, 0.2) is 5.58 Å². The number of oxazole rings is 1. The third-order valence-electron chi connectivity index (χ3n) is 3.81. The number of para-hydroxylation sites is 2. The molecular weight excluding hydrogens is 308 g/mol. The average molecular weight is 326 g/mol. The monoisotopic (exact) mass is 326 g/mol. The van der Waals surface area contributed by atoms with Crippen molar-refractivity contribution < 1.29 is 14.3 Å². The highest BCUT2D eigenvalue weighted by Crippen LogP contribution is 2.12. The first-order valence-corrected chi connectivity index (χ1v) is 7.70. The molecule has 0 unspecified atom stereocenters. The summed E-state index contributed by atoms with van der Waals surface area (Å²) < 4.78 is 6.46. The Morgan fingerprint density at radius 1 is 1.08 bits per heavy atom. The number of nitrogens with zero attached hydrogens (tertiary/aromatic N) is 2. The zero-order valence-corrected chi connectivity index (χ0v) is 13.1. The maximum Gasteiger partial charge on any atom is 0.420 e. The summed E-state index contributed by atoms with van der Waals surface area (Å²) in [6.45, 7) is 0.325. The molecule has 0 saturated carbocycles. The minimum atomic E-state index is -0.562. The summed E-state index contributed by atoms with van der Waals surface area (Å²) in [5.41, 5.74) is 2.00. The van der Waals surface area contributed by atoms with Crippen LogP contribution < -0.4 is 5.76 Å². The van der Waals surface area contributed by atoms with Gasteiger partial charge in [0.1, 0.15) is 6.54 Å². The third kappa shape index (κ3) is 3.38. The van der Waals surface area contributed by atoms with Gasteiger partial charge in [0.05, 0.1) is 12.1 Å². The normalized spacial score (nSPS) is 10.9. The molecule has 0 aliphatic heterocycles. The Labute approximate surface area is 138 Å². The van der Waals surface area contributed by atoms with Crippen molar-refractivity contribution in [2.24, 2.45) is 0 Å². The lowest BCUT2D eigenvalue weighted by molar-refractivity contribution is -0.133. The van der Waals surface area contributed by atoms with E-state index in [1.54, 1.807) is 24.3 Å². The molecule has 1 heterocycles. The molecule has 0 aliphatic rings. The van der Waals surface area contributed by atoms with Gasteiger partial charge in [-0.2, -0.15) is 0 Å². The fourth-order valence-electron chi connectivity index (χ4n) is 2.62. The molecule has 1 N–H and O–H groups in total. The van der Waals surface area contributed by atoms with Crippen molar-refractivity contribution in [2.45, 2.75) is 13.1 Å². The van der Waals surface area contributed by atoms with Crippen LogP contribution in [0.4, 0.5) is 0 Å². The minimum Gasteiger partial charge on any atom is -0.408 e. The van der Waals surface area contributed by atoms with Crippen LogP contribution in [0.15, 0.2) is 63.8 Å². The van der Waals surface area contributed by atoms with E-state index in [1.807, 2.05) is 30.3 Å². The number of carbonyl (C=O) groups is 1. The Morgan fingerprint density at radius 3 is 2.54 bits per heavy atom. The first-order valence-electron chi connectivity index (χ1n) is 7.70. The first-order chi connectivity index (χ1) is 11.7. The maximum absolute atomic E-state index is 12.6. The van der Waals surface area contributed by atoms with E-state index >= 15 is 0 Å². The van der Waals surface area contributed by atoms with Crippen LogP contribution in [0.1, 0.15) is 5.56 Å². The summed E-state index contributed by atoms with van der Waals surface area (Å²) in [7, 11) is 0. The minimum absolute atomic E-state index is 0.122. The van der Waals surface area contributed by atoms with Gasteiger partial charge in [0.2, 0.25) is 5.91 Å². The van der Waals surface area contributed by atoms with Gasteiger partial charge in [-0.1, -0.05) is 42.5 Å². The number of aliphatic hydroxyl groups excluding tert-OH is 1. The lowest BCUT2D eigenvalue weighted by Gasteiger charge is -2.22. The molecule has 3 rings (SSSR count). The molecule has 2 aromatic carbocycles. The van der Waals surface area contributed by atoms with Gasteiger partial charge >= 0.3 is 5.76 Å². The molecule has 0 bridgehead atoms. The summed E-state index contributed by atoms with van der Waals surface area (Å²) in [6.07, 6.45) is 0. The second-order valence-corrected chi connectivity index (χ2v) is 5.45. The smallest absolute Gasteiger partial charge is 0.408 e. The summed E-state index contributed by atoms with van der Waals surface area (Å²) >= 11 is 0. The highest BCUT2D eigenvalue weighted by atomic mass is 16.4. The average Bonchev–Trinajstić information content (AvgIpc) is 2.91. The van der Waals surface area contributed by atoms with E-state index in [0.717, 1.165) is 5.56 Å². The van der Waals surface area contributed by atoms with Crippen molar-refractivity contribution in [3.63, 3.8) is 0 Å². The largest absolute Gasteiger partial charge is 0.420 e. The van der Waals surface area contributed by atoms with Gasteiger partial charge in [-0.05, 0) is 17.7 Å². The molecule has 6 nitrogen and oxygen atoms in total. The SMILES string of the molecule is O=C(Cn1c(=O)oc2ccccc21)N(CCO)Cc1ccccc1. The maximum atomic E-state index is 12.6. The van der Waals surface area contributed by atoms with Crippen molar-refractivity contribution in [3.8, 4) is 0 Å². The molecule has 124 valence electrons. The molecule has 1 aromatic heterocycles. The van der Waals surface area contributed by atoms with Crippen molar-refractivity contribution >= 4 is 17.0 Å². The molecule has 0 atom stereocenters. The van der Waals surface area contributed by atoms with Gasteiger partial charge < -0.3 is 14.4 Å². The zero-order valence-electron chi connectivity index (χ0n) is 13.1. The number of fused-ring (bicyclic) bond motifs is 1. The van der Waals surface area contributed by atoms with Crippen LogP contribution >= 0.6 is 0 Å². The molecule has 1 amide bonds. The number of carbonyl (C=O) groups excluding carboxylic acids is 1. The molecule has 24 heavy (non-hydrogen) atoms. The van der Waals surface area contributed by atoms with Crippen molar-refractivity contribution in [1.82, 2.24) is 9.47 Å². The number of benzene rings is 2. The number of aliphatic hydroxyl groups is 1. The molecule has 0 fully saturated rings. The molecule has 6 heteroatoms. The van der Waals surface area contributed by atoms with Crippen LogP contribution in [-0.2, 0) is 17.9 Å². The van der Waals surface area contributed by atoms with Gasteiger partial charge in [0, 0.05) is 13.1 Å². The number of rotatable bonds is 6. The van der Waals surface area contributed by atoms with E-state index in [9.17, 15) is 14.7 Å². The quantitative estimate of drug-likeness (QED) is 0.747. The van der Waals surface area contributed by atoms with Crippen LogP contribution in [0.3, 0.4) is 0 Å². The summed E-state index contributed by atoms with van der Waals surface area (Å²) in [5.74, 6) is -0.810. The number of hydrogen-bond acceptors (Lipinski definition) is 4. The van der Waals surface area contributed by atoms with Crippen LogP contribution in [0.2, 0.25) is 0 Å².